The Balaban J connectivity index is 1.76. The van der Waals surface area contributed by atoms with Crippen molar-refractivity contribution in [3.8, 4) is 23.0 Å². The lowest BCUT2D eigenvalue weighted by Gasteiger charge is -1.99. The maximum absolute atomic E-state index is 5.98. The lowest BCUT2D eigenvalue weighted by Crippen LogP contribution is -1.82. The molecule has 0 aliphatic carbocycles. The molecule has 0 aliphatic heterocycles. The smallest absolute Gasteiger partial charge is 0.270 e. The fourth-order valence-corrected chi connectivity index (χ4v) is 3.04. The zero-order valence-corrected chi connectivity index (χ0v) is 13.7. The van der Waals surface area contributed by atoms with Crippen LogP contribution in [0.5, 0.6) is 0 Å². The van der Waals surface area contributed by atoms with Crippen molar-refractivity contribution in [1.82, 2.24) is 15.2 Å². The molecule has 2 heterocycles. The molecule has 0 atom stereocenters. The predicted octanol–water partition coefficient (Wildman–Crippen LogP) is 4.85. The van der Waals surface area contributed by atoms with Crippen molar-refractivity contribution >= 4 is 11.8 Å². The Labute approximate surface area is 142 Å². The molecule has 0 fully saturated rings. The van der Waals surface area contributed by atoms with E-state index >= 15 is 0 Å². The minimum absolute atomic E-state index is 0.343. The van der Waals surface area contributed by atoms with Gasteiger partial charge in [0.15, 0.2) is 10.8 Å². The van der Waals surface area contributed by atoms with Crippen molar-refractivity contribution in [3.05, 3.63) is 66.6 Å². The fraction of sp³-hybridized carbons (Fsp3) is 0.0556. The van der Waals surface area contributed by atoms with Gasteiger partial charge in [-0.1, -0.05) is 35.9 Å². The van der Waals surface area contributed by atoms with Crippen LogP contribution in [0.2, 0.25) is 0 Å². The number of hydrogen-bond acceptors (Lipinski definition) is 6. The van der Waals surface area contributed by atoms with Crippen LogP contribution in [0.15, 0.2) is 79.8 Å². The quantitative estimate of drug-likeness (QED) is 0.531. The number of oxazole rings is 1. The van der Waals surface area contributed by atoms with Crippen LogP contribution in [0.25, 0.3) is 23.0 Å². The van der Waals surface area contributed by atoms with Crippen molar-refractivity contribution in [2.24, 2.45) is 0 Å². The first-order chi connectivity index (χ1) is 11.8. The monoisotopic (exact) mass is 335 g/mol. The van der Waals surface area contributed by atoms with E-state index < -0.39 is 0 Å². The zero-order valence-electron chi connectivity index (χ0n) is 12.8. The van der Waals surface area contributed by atoms with E-state index in [1.807, 2.05) is 42.5 Å². The molecule has 0 bridgehead atoms. The molecule has 0 unspecified atom stereocenters. The Kier molecular flexibility index (Phi) is 3.88. The summed E-state index contributed by atoms with van der Waals surface area (Å²) in [6.07, 6.45) is 1.28. The lowest BCUT2D eigenvalue weighted by molar-refractivity contribution is 0.482. The first kappa shape index (κ1) is 14.7. The summed E-state index contributed by atoms with van der Waals surface area (Å²) in [6, 6.07) is 17.9. The van der Waals surface area contributed by atoms with Gasteiger partial charge in [-0.25, -0.2) is 4.98 Å². The molecule has 2 aromatic heterocycles. The first-order valence-corrected chi connectivity index (χ1v) is 8.18. The van der Waals surface area contributed by atoms with E-state index in [-0.39, 0.29) is 0 Å². The molecule has 0 saturated heterocycles. The number of benzene rings is 2. The Hall–Kier alpha value is -2.86. The van der Waals surface area contributed by atoms with Crippen molar-refractivity contribution in [2.75, 3.05) is 0 Å². The maximum Gasteiger partial charge on any atom is 0.270 e. The van der Waals surface area contributed by atoms with E-state index in [0.29, 0.717) is 22.6 Å². The summed E-state index contributed by atoms with van der Waals surface area (Å²) < 4.78 is 11.3. The van der Waals surface area contributed by atoms with Crippen LogP contribution in [0.4, 0.5) is 0 Å². The Bertz CT molecular complexity index is 932. The molecule has 2 aromatic carbocycles. The minimum atomic E-state index is 0.343. The van der Waals surface area contributed by atoms with Crippen LogP contribution in [0.3, 0.4) is 0 Å². The molecule has 0 N–H and O–H groups in total. The van der Waals surface area contributed by atoms with Gasteiger partial charge in [0.05, 0.1) is 0 Å². The second-order valence-corrected chi connectivity index (χ2v) is 6.23. The number of aryl methyl sites for hydroxylation is 1. The maximum atomic E-state index is 5.98. The molecule has 4 rings (SSSR count). The fourth-order valence-electron chi connectivity index (χ4n) is 2.20. The SMILES string of the molecule is Cc1ccc(Sc2oc(-c3ccccc3)nc2-c2nnco2)cc1. The van der Waals surface area contributed by atoms with E-state index in [2.05, 4.69) is 34.2 Å². The topological polar surface area (TPSA) is 65.0 Å². The molecule has 24 heavy (non-hydrogen) atoms. The second-order valence-electron chi connectivity index (χ2n) is 5.18. The van der Waals surface area contributed by atoms with Crippen LogP contribution >= 0.6 is 11.8 Å². The predicted molar refractivity (Wildman–Crippen MR) is 90.5 cm³/mol. The third-order valence-electron chi connectivity index (χ3n) is 3.41. The Morgan fingerprint density at radius 3 is 2.42 bits per heavy atom. The minimum Gasteiger partial charge on any atom is -0.429 e. The van der Waals surface area contributed by atoms with Gasteiger partial charge < -0.3 is 8.83 Å². The second kappa shape index (κ2) is 6.33. The number of hydrogen-bond donors (Lipinski definition) is 0. The highest BCUT2D eigenvalue weighted by atomic mass is 32.2. The standard InChI is InChI=1S/C18H13N3O2S/c1-12-7-9-14(10-8-12)24-18-15(17-21-19-11-22-17)20-16(23-18)13-5-3-2-4-6-13/h2-11H,1H3. The highest BCUT2D eigenvalue weighted by Gasteiger charge is 2.21. The summed E-state index contributed by atoms with van der Waals surface area (Å²) >= 11 is 1.48. The highest BCUT2D eigenvalue weighted by Crippen LogP contribution is 2.38. The molecule has 118 valence electrons. The zero-order chi connectivity index (χ0) is 16.4. The molecule has 0 amide bonds. The molecule has 6 heteroatoms. The normalized spacial score (nSPS) is 10.9. The van der Waals surface area contributed by atoms with Gasteiger partial charge >= 0.3 is 0 Å². The number of rotatable bonds is 4. The summed E-state index contributed by atoms with van der Waals surface area (Å²) in [7, 11) is 0. The highest BCUT2D eigenvalue weighted by molar-refractivity contribution is 7.99. The molecular weight excluding hydrogens is 322 g/mol. The van der Waals surface area contributed by atoms with Gasteiger partial charge in [0, 0.05) is 10.5 Å². The van der Waals surface area contributed by atoms with Crippen molar-refractivity contribution in [3.63, 3.8) is 0 Å². The van der Waals surface area contributed by atoms with Crippen molar-refractivity contribution in [2.45, 2.75) is 16.9 Å². The van der Waals surface area contributed by atoms with Gasteiger partial charge in [-0.3, -0.25) is 0 Å². The molecule has 0 aliphatic rings. The summed E-state index contributed by atoms with van der Waals surface area (Å²) in [6.45, 7) is 2.06. The van der Waals surface area contributed by atoms with Gasteiger partial charge in [-0.05, 0) is 43.0 Å². The van der Waals surface area contributed by atoms with E-state index in [0.717, 1.165) is 10.5 Å². The summed E-state index contributed by atoms with van der Waals surface area (Å²) in [5.41, 5.74) is 2.66. The summed E-state index contributed by atoms with van der Waals surface area (Å²) in [4.78, 5) is 5.61. The molecule has 4 aromatic rings. The molecule has 5 nitrogen and oxygen atoms in total. The van der Waals surface area contributed by atoms with E-state index in [1.54, 1.807) is 0 Å². The third kappa shape index (κ3) is 2.96. The Morgan fingerprint density at radius 1 is 0.917 bits per heavy atom. The van der Waals surface area contributed by atoms with Gasteiger partial charge in [0.25, 0.3) is 5.89 Å². The largest absolute Gasteiger partial charge is 0.429 e. The van der Waals surface area contributed by atoms with Crippen LogP contribution < -0.4 is 0 Å². The van der Waals surface area contributed by atoms with Gasteiger partial charge in [-0.15, -0.1) is 10.2 Å². The van der Waals surface area contributed by atoms with Crippen LogP contribution in [-0.4, -0.2) is 15.2 Å². The van der Waals surface area contributed by atoms with Crippen molar-refractivity contribution < 1.29 is 8.83 Å². The van der Waals surface area contributed by atoms with E-state index in [9.17, 15) is 0 Å². The molecule has 0 spiro atoms. The average Bonchev–Trinajstić information content (AvgIpc) is 3.27. The van der Waals surface area contributed by atoms with E-state index in [4.69, 9.17) is 8.83 Å². The van der Waals surface area contributed by atoms with Crippen LogP contribution in [-0.2, 0) is 0 Å². The number of nitrogens with zero attached hydrogens (tertiary/aromatic N) is 3. The summed E-state index contributed by atoms with van der Waals surface area (Å²) in [5.74, 6) is 0.869. The first-order valence-electron chi connectivity index (χ1n) is 7.37. The van der Waals surface area contributed by atoms with E-state index in [1.165, 1.54) is 23.7 Å². The van der Waals surface area contributed by atoms with Gasteiger partial charge in [0.2, 0.25) is 12.3 Å². The van der Waals surface area contributed by atoms with Crippen LogP contribution in [0, 0.1) is 6.92 Å². The average molecular weight is 335 g/mol. The molecule has 0 radical (unpaired) electrons. The van der Waals surface area contributed by atoms with Crippen molar-refractivity contribution in [1.29, 1.82) is 0 Å². The lowest BCUT2D eigenvalue weighted by atomic mass is 10.2. The summed E-state index contributed by atoms with van der Waals surface area (Å²) in [5, 5.41) is 8.32. The van der Waals surface area contributed by atoms with Gasteiger partial charge in [-0.2, -0.15) is 0 Å². The van der Waals surface area contributed by atoms with Gasteiger partial charge in [0.1, 0.15) is 0 Å². The van der Waals surface area contributed by atoms with Crippen LogP contribution in [0.1, 0.15) is 5.56 Å². The third-order valence-corrected chi connectivity index (χ3v) is 4.38. The Morgan fingerprint density at radius 2 is 1.71 bits per heavy atom. The molecule has 0 saturated carbocycles. The number of aromatic nitrogens is 3. The molecular formula is C18H13N3O2S.